The molecule has 1 aromatic carbocycles. The lowest BCUT2D eigenvalue weighted by molar-refractivity contribution is -0.117. The van der Waals surface area contributed by atoms with Gasteiger partial charge in [0.2, 0.25) is 5.91 Å². The number of carbonyl (C=O) groups excluding carboxylic acids is 2. The fourth-order valence-corrected chi connectivity index (χ4v) is 2.45. The third-order valence-corrected chi connectivity index (χ3v) is 3.52. The van der Waals surface area contributed by atoms with Gasteiger partial charge in [-0.15, -0.1) is 0 Å². The molecule has 1 aromatic rings. The quantitative estimate of drug-likeness (QED) is 0.886. The highest BCUT2D eigenvalue weighted by Crippen LogP contribution is 2.17. The number of rotatable bonds is 3. The molecule has 0 radical (unpaired) electrons. The lowest BCUT2D eigenvalue weighted by Crippen LogP contribution is -2.35. The third-order valence-electron chi connectivity index (χ3n) is 3.52. The summed E-state index contributed by atoms with van der Waals surface area (Å²) in [6.45, 7) is 1.59. The van der Waals surface area contributed by atoms with Gasteiger partial charge in [-0.25, -0.2) is 4.79 Å². The van der Waals surface area contributed by atoms with E-state index in [0.29, 0.717) is 5.69 Å². The van der Waals surface area contributed by atoms with Gasteiger partial charge in [-0.2, -0.15) is 0 Å². The fraction of sp³-hybridized carbons (Fsp3) is 0.467. The van der Waals surface area contributed by atoms with E-state index in [9.17, 15) is 9.59 Å². The molecule has 0 unspecified atom stereocenters. The number of primary amides is 1. The first-order chi connectivity index (χ1) is 9.66. The number of hydrogen-bond donors (Lipinski definition) is 2. The maximum atomic E-state index is 12.3. The molecule has 0 aliphatic carbocycles. The van der Waals surface area contributed by atoms with Gasteiger partial charge in [0.25, 0.3) is 0 Å². The number of hydrogen-bond acceptors (Lipinski definition) is 2. The maximum Gasteiger partial charge on any atom is 0.321 e. The van der Waals surface area contributed by atoms with Gasteiger partial charge in [-0.05, 0) is 24.5 Å². The molecule has 5 nitrogen and oxygen atoms in total. The lowest BCUT2D eigenvalue weighted by atomic mass is 10.1. The monoisotopic (exact) mass is 275 g/mol. The van der Waals surface area contributed by atoms with Gasteiger partial charge in [0.1, 0.15) is 0 Å². The lowest BCUT2D eigenvalue weighted by Gasteiger charge is -2.21. The second kappa shape index (κ2) is 6.93. The number of anilines is 1. The molecule has 108 valence electrons. The fourth-order valence-electron chi connectivity index (χ4n) is 2.45. The van der Waals surface area contributed by atoms with Crippen LogP contribution < -0.4 is 11.1 Å². The number of nitrogens with two attached hydrogens (primary N) is 1. The van der Waals surface area contributed by atoms with Crippen molar-refractivity contribution in [3.8, 4) is 0 Å². The number of nitrogens with zero attached hydrogens (tertiary/aromatic N) is 1. The minimum atomic E-state index is -0.401. The summed E-state index contributed by atoms with van der Waals surface area (Å²) in [6, 6.07) is 7.18. The zero-order chi connectivity index (χ0) is 14.4. The Kier molecular flexibility index (Phi) is 4.98. The van der Waals surface area contributed by atoms with Crippen molar-refractivity contribution in [1.29, 1.82) is 0 Å². The van der Waals surface area contributed by atoms with Crippen LogP contribution in [0.5, 0.6) is 0 Å². The normalized spacial score (nSPS) is 15.5. The van der Waals surface area contributed by atoms with Gasteiger partial charge >= 0.3 is 6.03 Å². The van der Waals surface area contributed by atoms with Crippen molar-refractivity contribution < 1.29 is 9.59 Å². The Bertz CT molecular complexity index is 480. The van der Waals surface area contributed by atoms with Crippen molar-refractivity contribution in [1.82, 2.24) is 4.90 Å². The average molecular weight is 275 g/mol. The number of nitrogens with one attached hydrogen (secondary N) is 1. The maximum absolute atomic E-state index is 12.3. The zero-order valence-corrected chi connectivity index (χ0v) is 11.6. The number of likely N-dealkylation sites (tertiary alicyclic amines) is 1. The van der Waals surface area contributed by atoms with E-state index in [1.165, 1.54) is 12.8 Å². The van der Waals surface area contributed by atoms with E-state index < -0.39 is 5.91 Å². The van der Waals surface area contributed by atoms with Crippen LogP contribution in [-0.2, 0) is 11.2 Å². The molecule has 0 atom stereocenters. The van der Waals surface area contributed by atoms with Crippen LogP contribution in [-0.4, -0.2) is 29.9 Å². The Morgan fingerprint density at radius 3 is 2.40 bits per heavy atom. The molecule has 1 aliphatic rings. The first-order valence-electron chi connectivity index (χ1n) is 7.09. The Balaban J connectivity index is 2.04. The summed E-state index contributed by atoms with van der Waals surface area (Å²) in [5.74, 6) is -0.401. The summed E-state index contributed by atoms with van der Waals surface area (Å²) < 4.78 is 0. The molecule has 2 rings (SSSR count). The summed E-state index contributed by atoms with van der Waals surface area (Å²) in [6.07, 6.45) is 4.60. The van der Waals surface area contributed by atoms with Gasteiger partial charge in [0.15, 0.2) is 0 Å². The molecular weight excluding hydrogens is 254 g/mol. The van der Waals surface area contributed by atoms with Crippen LogP contribution in [0.25, 0.3) is 0 Å². The van der Waals surface area contributed by atoms with E-state index in [0.717, 1.165) is 31.5 Å². The highest BCUT2D eigenvalue weighted by Gasteiger charge is 2.16. The number of para-hydroxylation sites is 1. The molecular formula is C15H21N3O2. The highest BCUT2D eigenvalue weighted by atomic mass is 16.2. The Labute approximate surface area is 119 Å². The van der Waals surface area contributed by atoms with Crippen molar-refractivity contribution >= 4 is 17.6 Å². The number of benzene rings is 1. The third kappa shape index (κ3) is 3.98. The molecule has 5 heteroatoms. The van der Waals surface area contributed by atoms with Crippen LogP contribution in [0.2, 0.25) is 0 Å². The molecule has 0 spiro atoms. The first kappa shape index (κ1) is 14.4. The van der Waals surface area contributed by atoms with E-state index in [1.807, 2.05) is 23.1 Å². The van der Waals surface area contributed by atoms with Gasteiger partial charge in [-0.3, -0.25) is 4.79 Å². The summed E-state index contributed by atoms with van der Waals surface area (Å²) in [5, 5.41) is 2.89. The highest BCUT2D eigenvalue weighted by molar-refractivity contribution is 5.91. The molecule has 20 heavy (non-hydrogen) atoms. The van der Waals surface area contributed by atoms with Gasteiger partial charge < -0.3 is 16.0 Å². The minimum absolute atomic E-state index is 0.0937. The Hall–Kier alpha value is -2.04. The summed E-state index contributed by atoms with van der Waals surface area (Å²) in [5.41, 5.74) is 6.65. The van der Waals surface area contributed by atoms with Crippen LogP contribution >= 0.6 is 0 Å². The van der Waals surface area contributed by atoms with Crippen LogP contribution in [0, 0.1) is 0 Å². The predicted octanol–water partition coefficient (Wildman–Crippen LogP) is 2.12. The SMILES string of the molecule is NC(=O)Cc1ccccc1NC(=O)N1CCCCCC1. The molecule has 1 heterocycles. The van der Waals surface area contributed by atoms with Gasteiger partial charge in [-0.1, -0.05) is 31.0 Å². The number of urea groups is 1. The molecule has 3 N–H and O–H groups in total. The van der Waals surface area contributed by atoms with Crippen molar-refractivity contribution in [2.45, 2.75) is 32.1 Å². The van der Waals surface area contributed by atoms with Crippen molar-refractivity contribution in [2.75, 3.05) is 18.4 Å². The largest absolute Gasteiger partial charge is 0.369 e. The molecule has 1 fully saturated rings. The van der Waals surface area contributed by atoms with Crippen LogP contribution in [0.1, 0.15) is 31.2 Å². The first-order valence-corrected chi connectivity index (χ1v) is 7.09. The van der Waals surface area contributed by atoms with Crippen molar-refractivity contribution in [3.05, 3.63) is 29.8 Å². The Morgan fingerprint density at radius 2 is 1.75 bits per heavy atom. The number of carbonyl (C=O) groups is 2. The van der Waals surface area contributed by atoms with E-state index in [2.05, 4.69) is 5.32 Å². The van der Waals surface area contributed by atoms with E-state index >= 15 is 0 Å². The summed E-state index contributed by atoms with van der Waals surface area (Å²) >= 11 is 0. The van der Waals surface area contributed by atoms with Crippen LogP contribution in [0.4, 0.5) is 10.5 Å². The van der Waals surface area contributed by atoms with Crippen molar-refractivity contribution in [3.63, 3.8) is 0 Å². The van der Waals surface area contributed by atoms with Crippen molar-refractivity contribution in [2.24, 2.45) is 5.73 Å². The van der Waals surface area contributed by atoms with Gasteiger partial charge in [0, 0.05) is 18.8 Å². The molecule has 0 bridgehead atoms. The predicted molar refractivity (Wildman–Crippen MR) is 78.4 cm³/mol. The average Bonchev–Trinajstić information content (AvgIpc) is 2.69. The number of amides is 3. The second-order valence-electron chi connectivity index (χ2n) is 5.13. The Morgan fingerprint density at radius 1 is 1.10 bits per heavy atom. The van der Waals surface area contributed by atoms with E-state index in [1.54, 1.807) is 6.07 Å². The van der Waals surface area contributed by atoms with E-state index in [4.69, 9.17) is 5.73 Å². The van der Waals surface area contributed by atoms with Crippen LogP contribution in [0.15, 0.2) is 24.3 Å². The summed E-state index contributed by atoms with van der Waals surface area (Å²) in [7, 11) is 0. The molecule has 0 aromatic heterocycles. The smallest absolute Gasteiger partial charge is 0.321 e. The second-order valence-corrected chi connectivity index (χ2v) is 5.13. The van der Waals surface area contributed by atoms with Crippen LogP contribution in [0.3, 0.4) is 0 Å². The minimum Gasteiger partial charge on any atom is -0.369 e. The molecule has 1 aliphatic heterocycles. The zero-order valence-electron chi connectivity index (χ0n) is 11.6. The standard InChI is InChI=1S/C15H21N3O2/c16-14(19)11-12-7-3-4-8-13(12)17-15(20)18-9-5-1-2-6-10-18/h3-4,7-8H,1-2,5-6,9-11H2,(H2,16,19)(H,17,20). The molecule has 1 saturated heterocycles. The van der Waals surface area contributed by atoms with E-state index in [-0.39, 0.29) is 12.5 Å². The topological polar surface area (TPSA) is 75.4 Å². The molecule has 0 saturated carbocycles. The summed E-state index contributed by atoms with van der Waals surface area (Å²) in [4.78, 5) is 25.2. The molecule has 3 amide bonds. The van der Waals surface area contributed by atoms with Gasteiger partial charge in [0.05, 0.1) is 6.42 Å².